The highest BCUT2D eigenvalue weighted by Gasteiger charge is 2.49. The van der Waals surface area contributed by atoms with Gasteiger partial charge in [-0.05, 0) is 43.2 Å². The molecule has 29 heavy (non-hydrogen) atoms. The summed E-state index contributed by atoms with van der Waals surface area (Å²) in [5.41, 5.74) is 2.98. The van der Waals surface area contributed by atoms with E-state index in [-0.39, 0.29) is 29.4 Å². The van der Waals surface area contributed by atoms with Crippen LogP contribution in [0, 0.1) is 13.8 Å². The number of nitrogens with zero attached hydrogens (tertiary/aromatic N) is 2. The molecule has 2 aliphatic rings. The van der Waals surface area contributed by atoms with Gasteiger partial charge in [0, 0.05) is 10.9 Å². The largest absolute Gasteiger partial charge is 0.484 e. The third-order valence-electron chi connectivity index (χ3n) is 5.02. The van der Waals surface area contributed by atoms with E-state index in [0.29, 0.717) is 10.9 Å². The second kappa shape index (κ2) is 7.84. The number of amidine groups is 1. The van der Waals surface area contributed by atoms with Crippen LogP contribution in [0.15, 0.2) is 53.5 Å². The Morgan fingerprint density at radius 3 is 2.69 bits per heavy atom. The molecule has 4 rings (SSSR count). The molecule has 0 N–H and O–H groups in total. The highest BCUT2D eigenvalue weighted by atomic mass is 32.2. The van der Waals surface area contributed by atoms with Gasteiger partial charge in [-0.25, -0.2) is 8.42 Å². The van der Waals surface area contributed by atoms with Crippen LogP contribution in [0.25, 0.3) is 0 Å². The van der Waals surface area contributed by atoms with E-state index in [4.69, 9.17) is 4.74 Å². The number of aliphatic imine (C=N–C) groups is 1. The molecule has 2 aliphatic heterocycles. The van der Waals surface area contributed by atoms with Crippen LogP contribution < -0.4 is 9.64 Å². The van der Waals surface area contributed by atoms with Crippen LogP contribution in [0.3, 0.4) is 0 Å². The van der Waals surface area contributed by atoms with Crippen LogP contribution >= 0.6 is 11.8 Å². The molecule has 0 aromatic heterocycles. The Bertz CT molecular complexity index is 1070. The van der Waals surface area contributed by atoms with Gasteiger partial charge >= 0.3 is 0 Å². The molecule has 8 heteroatoms. The molecule has 2 fully saturated rings. The zero-order valence-electron chi connectivity index (χ0n) is 16.2. The molecular formula is C21H22N2O4S2. The number of carbonyl (C=O) groups excluding carboxylic acids is 1. The van der Waals surface area contributed by atoms with Crippen molar-refractivity contribution in [3.63, 3.8) is 0 Å². The third-order valence-corrected chi connectivity index (χ3v) is 8.23. The molecule has 0 saturated carbocycles. The number of amides is 1. The van der Waals surface area contributed by atoms with E-state index in [1.165, 1.54) is 11.8 Å². The standard InChI is InChI=1S/C21H22N2O4S2/c1-14-8-9-15(2)17(10-14)23-18-12-29(25,26)13-19(18)28-21(23)22-20(24)11-27-16-6-4-3-5-7-16/h3-10,18-19H,11-13H2,1-2H3/t18-,19-/m0/s1. The van der Waals surface area contributed by atoms with E-state index in [1.807, 2.05) is 55.1 Å². The Morgan fingerprint density at radius 1 is 1.17 bits per heavy atom. The summed E-state index contributed by atoms with van der Waals surface area (Å²) in [4.78, 5) is 18.7. The normalized spacial score (nSPS) is 23.9. The molecule has 1 amide bonds. The lowest BCUT2D eigenvalue weighted by atomic mass is 10.1. The lowest BCUT2D eigenvalue weighted by Crippen LogP contribution is -2.38. The summed E-state index contributed by atoms with van der Waals surface area (Å²) in [5.74, 6) is 0.396. The number of fused-ring (bicyclic) bond motifs is 1. The van der Waals surface area contributed by atoms with Crippen LogP contribution in [-0.4, -0.2) is 48.9 Å². The SMILES string of the molecule is Cc1ccc(C)c(N2C(=NC(=O)COc3ccccc3)S[C@H]3CS(=O)(=O)C[C@@H]32)c1. The number of para-hydroxylation sites is 1. The summed E-state index contributed by atoms with van der Waals surface area (Å²) in [6.07, 6.45) is 0. The molecule has 0 spiro atoms. The molecule has 2 atom stereocenters. The maximum atomic E-state index is 12.5. The summed E-state index contributed by atoms with van der Waals surface area (Å²) < 4.78 is 29.9. The van der Waals surface area contributed by atoms with Gasteiger partial charge in [0.2, 0.25) is 0 Å². The molecule has 2 saturated heterocycles. The second-order valence-electron chi connectivity index (χ2n) is 7.35. The van der Waals surface area contributed by atoms with Gasteiger partial charge in [-0.15, -0.1) is 0 Å². The zero-order valence-corrected chi connectivity index (χ0v) is 17.9. The number of ether oxygens (including phenoxy) is 1. The average molecular weight is 431 g/mol. The molecule has 6 nitrogen and oxygen atoms in total. The van der Waals surface area contributed by atoms with E-state index in [0.717, 1.165) is 16.8 Å². The second-order valence-corrected chi connectivity index (χ2v) is 10.7. The third kappa shape index (κ3) is 4.33. The highest BCUT2D eigenvalue weighted by molar-refractivity contribution is 8.16. The van der Waals surface area contributed by atoms with E-state index in [2.05, 4.69) is 4.99 Å². The van der Waals surface area contributed by atoms with Crippen LogP contribution in [0.5, 0.6) is 5.75 Å². The van der Waals surface area contributed by atoms with Crippen molar-refractivity contribution in [2.24, 2.45) is 4.99 Å². The Balaban J connectivity index is 1.61. The average Bonchev–Trinajstić information content (AvgIpc) is 3.14. The monoisotopic (exact) mass is 430 g/mol. The van der Waals surface area contributed by atoms with Crippen molar-refractivity contribution in [1.82, 2.24) is 0 Å². The molecule has 2 aromatic carbocycles. The van der Waals surface area contributed by atoms with Gasteiger partial charge in [-0.3, -0.25) is 4.79 Å². The first-order valence-electron chi connectivity index (χ1n) is 9.35. The number of sulfone groups is 1. The number of aryl methyl sites for hydroxylation is 2. The number of hydrogen-bond donors (Lipinski definition) is 0. The van der Waals surface area contributed by atoms with Crippen LogP contribution in [0.4, 0.5) is 5.69 Å². The van der Waals surface area contributed by atoms with Gasteiger partial charge in [0.25, 0.3) is 5.91 Å². The molecule has 0 aliphatic carbocycles. The highest BCUT2D eigenvalue weighted by Crippen LogP contribution is 2.42. The van der Waals surface area contributed by atoms with Crippen molar-refractivity contribution in [1.29, 1.82) is 0 Å². The number of hydrogen-bond acceptors (Lipinski definition) is 5. The van der Waals surface area contributed by atoms with Gasteiger partial charge in [0.1, 0.15) is 5.75 Å². The minimum Gasteiger partial charge on any atom is -0.484 e. The lowest BCUT2D eigenvalue weighted by molar-refractivity contribution is -0.119. The summed E-state index contributed by atoms with van der Waals surface area (Å²) in [6.45, 7) is 3.81. The fourth-order valence-electron chi connectivity index (χ4n) is 3.63. The summed E-state index contributed by atoms with van der Waals surface area (Å²) in [7, 11) is -3.09. The Hall–Kier alpha value is -2.32. The zero-order chi connectivity index (χ0) is 20.6. The van der Waals surface area contributed by atoms with Crippen molar-refractivity contribution in [3.8, 4) is 5.75 Å². The minimum absolute atomic E-state index is 0.0752. The number of anilines is 1. The minimum atomic E-state index is -3.09. The van der Waals surface area contributed by atoms with Crippen molar-refractivity contribution in [2.45, 2.75) is 25.1 Å². The first-order valence-corrected chi connectivity index (χ1v) is 12.1. The quantitative estimate of drug-likeness (QED) is 0.742. The van der Waals surface area contributed by atoms with Crippen molar-refractivity contribution >= 4 is 38.4 Å². The number of carbonyl (C=O) groups is 1. The predicted molar refractivity (Wildman–Crippen MR) is 117 cm³/mol. The lowest BCUT2D eigenvalue weighted by Gasteiger charge is -2.26. The molecule has 2 heterocycles. The van der Waals surface area contributed by atoms with E-state index < -0.39 is 15.7 Å². The maximum absolute atomic E-state index is 12.5. The number of benzene rings is 2. The van der Waals surface area contributed by atoms with E-state index >= 15 is 0 Å². The Labute approximate surface area is 174 Å². The van der Waals surface area contributed by atoms with Crippen molar-refractivity contribution in [2.75, 3.05) is 23.0 Å². The topological polar surface area (TPSA) is 76.0 Å². The van der Waals surface area contributed by atoms with Gasteiger partial charge in [-0.2, -0.15) is 4.99 Å². The summed E-state index contributed by atoms with van der Waals surface area (Å²) in [5, 5.41) is 0.423. The molecule has 2 aromatic rings. The fraction of sp³-hybridized carbons (Fsp3) is 0.333. The van der Waals surface area contributed by atoms with Gasteiger partial charge < -0.3 is 9.64 Å². The smallest absolute Gasteiger partial charge is 0.285 e. The van der Waals surface area contributed by atoms with Gasteiger partial charge in [0.05, 0.1) is 17.5 Å². The Kier molecular flexibility index (Phi) is 5.40. The van der Waals surface area contributed by atoms with E-state index in [1.54, 1.807) is 12.1 Å². The maximum Gasteiger partial charge on any atom is 0.285 e. The number of rotatable bonds is 4. The summed E-state index contributed by atoms with van der Waals surface area (Å²) in [6, 6.07) is 14.9. The molecular weight excluding hydrogens is 408 g/mol. The van der Waals surface area contributed by atoms with Gasteiger partial charge in [-0.1, -0.05) is 42.1 Å². The first kappa shape index (κ1) is 20.0. The number of thioether (sulfide) groups is 1. The van der Waals surface area contributed by atoms with Crippen molar-refractivity contribution < 1.29 is 17.9 Å². The molecule has 152 valence electrons. The molecule has 0 bridgehead atoms. The predicted octanol–water partition coefficient (Wildman–Crippen LogP) is 2.98. The van der Waals surface area contributed by atoms with Crippen LogP contribution in [-0.2, 0) is 14.6 Å². The molecule has 0 radical (unpaired) electrons. The van der Waals surface area contributed by atoms with Gasteiger partial charge in [0.15, 0.2) is 21.6 Å². The Morgan fingerprint density at radius 2 is 1.93 bits per heavy atom. The fourth-order valence-corrected chi connectivity index (χ4v) is 7.55. The first-order chi connectivity index (χ1) is 13.8. The van der Waals surface area contributed by atoms with Crippen molar-refractivity contribution in [3.05, 3.63) is 59.7 Å². The molecule has 0 unspecified atom stereocenters. The summed E-state index contributed by atoms with van der Waals surface area (Å²) >= 11 is 1.37. The van der Waals surface area contributed by atoms with E-state index in [9.17, 15) is 13.2 Å². The van der Waals surface area contributed by atoms with Crippen LogP contribution in [0.1, 0.15) is 11.1 Å². The van der Waals surface area contributed by atoms with Crippen LogP contribution in [0.2, 0.25) is 0 Å².